The molecule has 0 radical (unpaired) electrons. The number of anilines is 1. The Bertz CT molecular complexity index is 958. The molecule has 0 unspecified atom stereocenters. The molecule has 1 N–H and O–H groups in total. The topological polar surface area (TPSA) is 51.2 Å². The lowest BCUT2D eigenvalue weighted by molar-refractivity contribution is -0.111. The molecule has 0 fully saturated rings. The molecule has 1 heterocycles. The van der Waals surface area contributed by atoms with E-state index in [2.05, 4.69) is 43.2 Å². The van der Waals surface area contributed by atoms with Crippen LogP contribution in [0.4, 0.5) is 5.13 Å². The highest BCUT2D eigenvalue weighted by Crippen LogP contribution is 2.29. The Kier molecular flexibility index (Phi) is 6.82. The number of carbonyl (C=O) groups is 1. The molecular formula is C23H26N2O2S. The number of fused-ring (bicyclic) bond motifs is 1. The van der Waals surface area contributed by atoms with Crippen LogP contribution in [-0.2, 0) is 4.79 Å². The number of hydrogen-bond donors (Lipinski definition) is 1. The summed E-state index contributed by atoms with van der Waals surface area (Å²) in [7, 11) is 0. The molecule has 0 aliphatic heterocycles. The average molecular weight is 395 g/mol. The van der Waals surface area contributed by atoms with Crippen LogP contribution in [0.2, 0.25) is 0 Å². The molecule has 3 aromatic rings. The lowest BCUT2D eigenvalue weighted by atomic mass is 10.0. The summed E-state index contributed by atoms with van der Waals surface area (Å²) in [5.74, 6) is 1.15. The molecule has 0 aliphatic carbocycles. The number of nitrogens with one attached hydrogen (secondary N) is 1. The zero-order valence-electron chi connectivity index (χ0n) is 16.6. The molecule has 0 bridgehead atoms. The van der Waals surface area contributed by atoms with Crippen molar-refractivity contribution in [3.05, 3.63) is 59.7 Å². The highest BCUT2D eigenvalue weighted by atomic mass is 32.1. The van der Waals surface area contributed by atoms with Crippen molar-refractivity contribution in [2.75, 3.05) is 11.9 Å². The molecule has 146 valence electrons. The first-order chi connectivity index (χ1) is 13.5. The predicted molar refractivity (Wildman–Crippen MR) is 118 cm³/mol. The first-order valence-electron chi connectivity index (χ1n) is 9.67. The molecule has 0 atom stereocenters. The molecule has 2 aromatic carbocycles. The van der Waals surface area contributed by atoms with Gasteiger partial charge in [-0.25, -0.2) is 4.98 Å². The number of benzene rings is 2. The molecular weight excluding hydrogens is 368 g/mol. The Morgan fingerprint density at radius 3 is 2.71 bits per heavy atom. The second-order valence-electron chi connectivity index (χ2n) is 6.99. The fraction of sp³-hybridized carbons (Fsp3) is 0.304. The van der Waals surface area contributed by atoms with Crippen LogP contribution in [0.3, 0.4) is 0 Å². The summed E-state index contributed by atoms with van der Waals surface area (Å²) < 4.78 is 6.73. The number of carbonyl (C=O) groups excluding carboxylic acids is 1. The quantitative estimate of drug-likeness (QED) is 0.363. The van der Waals surface area contributed by atoms with Crippen molar-refractivity contribution < 1.29 is 9.53 Å². The Hall–Kier alpha value is -2.66. The maximum atomic E-state index is 12.2. The van der Waals surface area contributed by atoms with Gasteiger partial charge in [0.15, 0.2) is 5.13 Å². The first kappa shape index (κ1) is 20.1. The van der Waals surface area contributed by atoms with Crippen molar-refractivity contribution in [1.29, 1.82) is 0 Å². The molecule has 0 aliphatic rings. The Morgan fingerprint density at radius 2 is 2.00 bits per heavy atom. The SMILES string of the molecule is CCCCOc1ccc2nc(NC(=O)/C=C/c3ccc(C(C)C)cc3)sc2c1. The van der Waals surface area contributed by atoms with Gasteiger partial charge < -0.3 is 4.74 Å². The van der Waals surface area contributed by atoms with Crippen LogP contribution >= 0.6 is 11.3 Å². The number of aromatic nitrogens is 1. The van der Waals surface area contributed by atoms with Crippen LogP contribution in [0, 0.1) is 0 Å². The third-order valence-electron chi connectivity index (χ3n) is 4.39. The summed E-state index contributed by atoms with van der Waals surface area (Å²) in [5.41, 5.74) is 3.14. The van der Waals surface area contributed by atoms with Gasteiger partial charge >= 0.3 is 0 Å². The number of ether oxygens (including phenoxy) is 1. The summed E-state index contributed by atoms with van der Waals surface area (Å²) in [4.78, 5) is 16.7. The van der Waals surface area contributed by atoms with E-state index in [-0.39, 0.29) is 5.91 Å². The second-order valence-corrected chi connectivity index (χ2v) is 8.03. The van der Waals surface area contributed by atoms with E-state index in [1.54, 1.807) is 0 Å². The van der Waals surface area contributed by atoms with Gasteiger partial charge in [0.05, 0.1) is 16.8 Å². The summed E-state index contributed by atoms with van der Waals surface area (Å²) >= 11 is 1.45. The van der Waals surface area contributed by atoms with E-state index in [9.17, 15) is 4.79 Å². The molecule has 28 heavy (non-hydrogen) atoms. The molecule has 1 aromatic heterocycles. The molecule has 3 rings (SSSR count). The van der Waals surface area contributed by atoms with E-state index in [1.165, 1.54) is 23.0 Å². The van der Waals surface area contributed by atoms with E-state index in [0.29, 0.717) is 17.7 Å². The van der Waals surface area contributed by atoms with Gasteiger partial charge in [0.25, 0.3) is 0 Å². The van der Waals surface area contributed by atoms with Gasteiger partial charge in [-0.1, -0.05) is 62.8 Å². The van der Waals surface area contributed by atoms with Crippen molar-refractivity contribution in [3.63, 3.8) is 0 Å². The van der Waals surface area contributed by atoms with Gasteiger partial charge in [0, 0.05) is 6.08 Å². The predicted octanol–water partition coefficient (Wildman–Crippen LogP) is 6.25. The average Bonchev–Trinajstić information content (AvgIpc) is 3.08. The Balaban J connectivity index is 1.62. The highest BCUT2D eigenvalue weighted by molar-refractivity contribution is 7.22. The van der Waals surface area contributed by atoms with E-state index in [0.717, 1.165) is 34.4 Å². The zero-order valence-corrected chi connectivity index (χ0v) is 17.4. The molecule has 0 saturated carbocycles. The first-order valence-corrected chi connectivity index (χ1v) is 10.5. The number of hydrogen-bond acceptors (Lipinski definition) is 4. The van der Waals surface area contributed by atoms with Crippen LogP contribution in [0.5, 0.6) is 5.75 Å². The van der Waals surface area contributed by atoms with Gasteiger partial charge in [0.2, 0.25) is 5.91 Å². The van der Waals surface area contributed by atoms with Crippen LogP contribution < -0.4 is 10.1 Å². The number of amides is 1. The summed E-state index contributed by atoms with van der Waals surface area (Å²) in [5, 5.41) is 3.43. The van der Waals surface area contributed by atoms with Gasteiger partial charge in [0.1, 0.15) is 5.75 Å². The van der Waals surface area contributed by atoms with Crippen LogP contribution in [-0.4, -0.2) is 17.5 Å². The third-order valence-corrected chi connectivity index (χ3v) is 5.32. The minimum absolute atomic E-state index is 0.189. The van der Waals surface area contributed by atoms with Crippen LogP contribution in [0.15, 0.2) is 48.5 Å². The lowest BCUT2D eigenvalue weighted by Gasteiger charge is -2.04. The zero-order chi connectivity index (χ0) is 19.9. The van der Waals surface area contributed by atoms with Crippen molar-refractivity contribution in [2.24, 2.45) is 0 Å². The lowest BCUT2D eigenvalue weighted by Crippen LogP contribution is -2.07. The van der Waals surface area contributed by atoms with E-state index in [1.807, 2.05) is 36.4 Å². The molecule has 5 heteroatoms. The van der Waals surface area contributed by atoms with E-state index >= 15 is 0 Å². The summed E-state index contributed by atoms with van der Waals surface area (Å²) in [6.07, 6.45) is 5.49. The standard InChI is InChI=1S/C23H26N2O2S/c1-4-5-14-27-19-11-12-20-21(15-19)28-23(24-20)25-22(26)13-8-17-6-9-18(10-7-17)16(2)3/h6-13,15-16H,4-5,14H2,1-3H3,(H,24,25,26)/b13-8+. The minimum Gasteiger partial charge on any atom is -0.494 e. The van der Waals surface area contributed by atoms with Gasteiger partial charge in [-0.3, -0.25) is 10.1 Å². The van der Waals surface area contributed by atoms with Gasteiger partial charge in [-0.05, 0) is 47.7 Å². The number of rotatable bonds is 8. The van der Waals surface area contributed by atoms with E-state index < -0.39 is 0 Å². The fourth-order valence-corrected chi connectivity index (χ4v) is 3.59. The monoisotopic (exact) mass is 394 g/mol. The smallest absolute Gasteiger partial charge is 0.250 e. The maximum absolute atomic E-state index is 12.2. The normalized spacial score (nSPS) is 11.4. The third kappa shape index (κ3) is 5.42. The van der Waals surface area contributed by atoms with Crippen molar-refractivity contribution in [3.8, 4) is 5.75 Å². The van der Waals surface area contributed by atoms with Crippen molar-refractivity contribution in [1.82, 2.24) is 4.98 Å². The van der Waals surface area contributed by atoms with Gasteiger partial charge in [-0.2, -0.15) is 0 Å². The van der Waals surface area contributed by atoms with E-state index in [4.69, 9.17) is 4.74 Å². The van der Waals surface area contributed by atoms with Gasteiger partial charge in [-0.15, -0.1) is 0 Å². The highest BCUT2D eigenvalue weighted by Gasteiger charge is 2.07. The fourth-order valence-electron chi connectivity index (χ4n) is 2.69. The number of nitrogens with zero attached hydrogens (tertiary/aromatic N) is 1. The summed E-state index contributed by atoms with van der Waals surface area (Å²) in [6, 6.07) is 14.1. The molecule has 0 saturated heterocycles. The largest absolute Gasteiger partial charge is 0.494 e. The van der Waals surface area contributed by atoms with Crippen LogP contribution in [0.1, 0.15) is 50.7 Å². The number of thiazole rings is 1. The number of unbranched alkanes of at least 4 members (excludes halogenated alkanes) is 1. The summed E-state index contributed by atoms with van der Waals surface area (Å²) in [6.45, 7) is 7.18. The van der Waals surface area contributed by atoms with Crippen molar-refractivity contribution in [2.45, 2.75) is 39.5 Å². The Labute approximate surface area is 170 Å². The maximum Gasteiger partial charge on any atom is 0.250 e. The molecule has 0 spiro atoms. The second kappa shape index (κ2) is 9.51. The Morgan fingerprint density at radius 1 is 1.21 bits per heavy atom. The van der Waals surface area contributed by atoms with Crippen molar-refractivity contribution >= 4 is 38.7 Å². The minimum atomic E-state index is -0.189. The molecule has 4 nitrogen and oxygen atoms in total. The molecule has 1 amide bonds. The van der Waals surface area contributed by atoms with Crippen LogP contribution in [0.25, 0.3) is 16.3 Å².